The van der Waals surface area contributed by atoms with E-state index in [1.54, 1.807) is 24.3 Å². The molecule has 3 rings (SSSR count). The zero-order valence-corrected chi connectivity index (χ0v) is 17.1. The zero-order chi connectivity index (χ0) is 22.6. The first-order valence-electron chi connectivity index (χ1n) is 9.04. The van der Waals surface area contributed by atoms with Crippen molar-refractivity contribution in [3.05, 3.63) is 65.9 Å². The van der Waals surface area contributed by atoms with Crippen molar-refractivity contribution in [2.24, 2.45) is 0 Å². The van der Waals surface area contributed by atoms with Crippen molar-refractivity contribution >= 4 is 16.3 Å². The van der Waals surface area contributed by atoms with E-state index in [0.717, 1.165) is 16.3 Å². The van der Waals surface area contributed by atoms with Crippen molar-refractivity contribution < 1.29 is 31.2 Å². The standard InChI is InChI=1S/C20H18F3N3O4S/c1-14-3-5-15(6-4-14)18-13-19(20(21,22)23)24-26(18)16-7-9-17(10-8-16)31(28,29)25-30-12-2-11-27/h3-11,13,25H,2,12H2,1H3. The molecular weight excluding hydrogens is 435 g/mol. The van der Waals surface area contributed by atoms with Crippen molar-refractivity contribution in [1.29, 1.82) is 0 Å². The molecule has 1 N–H and O–H groups in total. The average Bonchev–Trinajstić information content (AvgIpc) is 3.18. The molecule has 0 fully saturated rings. The fourth-order valence-electron chi connectivity index (χ4n) is 2.69. The highest BCUT2D eigenvalue weighted by atomic mass is 32.2. The van der Waals surface area contributed by atoms with Gasteiger partial charge in [-0.2, -0.15) is 18.3 Å². The molecule has 0 atom stereocenters. The van der Waals surface area contributed by atoms with Crippen LogP contribution in [-0.4, -0.2) is 31.1 Å². The van der Waals surface area contributed by atoms with Crippen molar-refractivity contribution in [3.63, 3.8) is 0 Å². The average molecular weight is 453 g/mol. The first-order valence-corrected chi connectivity index (χ1v) is 10.5. The summed E-state index contributed by atoms with van der Waals surface area (Å²) >= 11 is 0. The molecule has 164 valence electrons. The maximum atomic E-state index is 13.3. The van der Waals surface area contributed by atoms with Crippen molar-refractivity contribution in [3.8, 4) is 16.9 Å². The molecule has 31 heavy (non-hydrogen) atoms. The Morgan fingerprint density at radius 2 is 1.74 bits per heavy atom. The summed E-state index contributed by atoms with van der Waals surface area (Å²) in [6, 6.07) is 13.0. The molecule has 0 aliphatic carbocycles. The van der Waals surface area contributed by atoms with E-state index >= 15 is 0 Å². The second-order valence-electron chi connectivity index (χ2n) is 6.57. The number of aldehydes is 1. The molecule has 0 aliphatic rings. The van der Waals surface area contributed by atoms with Crippen LogP contribution in [0.15, 0.2) is 59.5 Å². The lowest BCUT2D eigenvalue weighted by Gasteiger charge is -2.10. The van der Waals surface area contributed by atoms with Gasteiger partial charge < -0.3 is 4.79 Å². The molecule has 0 bridgehead atoms. The van der Waals surface area contributed by atoms with Crippen LogP contribution in [0.2, 0.25) is 0 Å². The lowest BCUT2D eigenvalue weighted by molar-refractivity contribution is -0.141. The van der Waals surface area contributed by atoms with Gasteiger partial charge in [0, 0.05) is 12.0 Å². The van der Waals surface area contributed by atoms with Crippen LogP contribution in [0.3, 0.4) is 0 Å². The molecular formula is C20H18F3N3O4S. The third-order valence-electron chi connectivity index (χ3n) is 4.25. The third-order valence-corrected chi connectivity index (χ3v) is 5.48. The van der Waals surface area contributed by atoms with Crippen LogP contribution in [0.25, 0.3) is 16.9 Å². The van der Waals surface area contributed by atoms with Gasteiger partial charge in [-0.25, -0.2) is 13.1 Å². The highest BCUT2D eigenvalue weighted by Crippen LogP contribution is 2.33. The third kappa shape index (κ3) is 5.37. The van der Waals surface area contributed by atoms with Crippen LogP contribution >= 0.6 is 0 Å². The number of aryl methyl sites for hydroxylation is 1. The van der Waals surface area contributed by atoms with E-state index in [9.17, 15) is 26.4 Å². The molecule has 1 heterocycles. The lowest BCUT2D eigenvalue weighted by atomic mass is 10.1. The lowest BCUT2D eigenvalue weighted by Crippen LogP contribution is -2.24. The number of nitrogens with zero attached hydrogens (tertiary/aromatic N) is 2. The highest BCUT2D eigenvalue weighted by Gasteiger charge is 2.35. The van der Waals surface area contributed by atoms with E-state index < -0.39 is 21.9 Å². The van der Waals surface area contributed by atoms with Gasteiger partial charge in [0.15, 0.2) is 5.69 Å². The Kier molecular flexibility index (Phi) is 6.58. The number of carbonyl (C=O) groups is 1. The molecule has 0 saturated heterocycles. The molecule has 0 spiro atoms. The first-order chi connectivity index (χ1) is 14.6. The summed E-state index contributed by atoms with van der Waals surface area (Å²) in [6.45, 7) is 1.73. The van der Waals surface area contributed by atoms with Crippen LogP contribution in [0, 0.1) is 6.92 Å². The van der Waals surface area contributed by atoms with E-state index in [2.05, 4.69) is 5.10 Å². The Balaban J connectivity index is 1.96. The fourth-order valence-corrected chi connectivity index (χ4v) is 3.52. The Morgan fingerprint density at radius 1 is 1.10 bits per heavy atom. The van der Waals surface area contributed by atoms with Crippen molar-refractivity contribution in [2.75, 3.05) is 6.61 Å². The summed E-state index contributed by atoms with van der Waals surface area (Å²) in [7, 11) is -4.02. The van der Waals surface area contributed by atoms with Crippen molar-refractivity contribution in [2.45, 2.75) is 24.4 Å². The van der Waals surface area contributed by atoms with Gasteiger partial charge in [-0.3, -0.25) is 4.84 Å². The summed E-state index contributed by atoms with van der Waals surface area (Å²) < 4.78 is 65.3. The number of benzene rings is 2. The molecule has 0 amide bonds. The van der Waals surface area contributed by atoms with Crippen LogP contribution in [0.1, 0.15) is 17.7 Å². The molecule has 0 radical (unpaired) electrons. The number of nitrogens with one attached hydrogen (secondary N) is 1. The maximum Gasteiger partial charge on any atom is 0.435 e. The molecule has 0 unspecified atom stereocenters. The fraction of sp³-hybridized carbons (Fsp3) is 0.200. The van der Waals surface area contributed by atoms with Gasteiger partial charge in [-0.15, -0.1) is 0 Å². The Morgan fingerprint density at radius 3 is 2.32 bits per heavy atom. The van der Waals surface area contributed by atoms with E-state index in [4.69, 9.17) is 4.84 Å². The Bertz CT molecular complexity index is 1160. The van der Waals surface area contributed by atoms with Crippen LogP contribution in [-0.2, 0) is 25.8 Å². The minimum atomic E-state index is -4.64. The minimum Gasteiger partial charge on any atom is -0.303 e. The van der Waals surface area contributed by atoms with E-state index in [0.29, 0.717) is 11.8 Å². The van der Waals surface area contributed by atoms with Gasteiger partial charge >= 0.3 is 6.18 Å². The summed E-state index contributed by atoms with van der Waals surface area (Å²) in [5.41, 5.74) is 0.856. The predicted molar refractivity (Wildman–Crippen MR) is 106 cm³/mol. The zero-order valence-electron chi connectivity index (χ0n) is 16.3. The predicted octanol–water partition coefficient (Wildman–Crippen LogP) is 3.67. The van der Waals surface area contributed by atoms with Gasteiger partial charge in [0.1, 0.15) is 6.29 Å². The van der Waals surface area contributed by atoms with Gasteiger partial charge in [0.2, 0.25) is 0 Å². The summed E-state index contributed by atoms with van der Waals surface area (Å²) in [4.78, 5) is 16.7. The van der Waals surface area contributed by atoms with Crippen LogP contribution in [0.5, 0.6) is 0 Å². The number of carbonyl (C=O) groups excluding carboxylic acids is 1. The molecule has 7 nitrogen and oxygen atoms in total. The number of alkyl halides is 3. The van der Waals surface area contributed by atoms with Gasteiger partial charge in [0.05, 0.1) is 22.9 Å². The molecule has 1 aromatic heterocycles. The molecule has 2 aromatic carbocycles. The van der Waals surface area contributed by atoms with Gasteiger partial charge in [-0.05, 0) is 37.3 Å². The maximum absolute atomic E-state index is 13.3. The topological polar surface area (TPSA) is 90.3 Å². The molecule has 0 saturated carbocycles. The normalized spacial score (nSPS) is 12.1. The second kappa shape index (κ2) is 9.00. The molecule has 11 heteroatoms. The van der Waals surface area contributed by atoms with Crippen LogP contribution < -0.4 is 4.89 Å². The summed E-state index contributed by atoms with van der Waals surface area (Å²) in [6.07, 6.45) is -4.05. The number of sulfonamides is 1. The summed E-state index contributed by atoms with van der Waals surface area (Å²) in [5, 5.41) is 3.68. The van der Waals surface area contributed by atoms with E-state index in [-0.39, 0.29) is 29.3 Å². The van der Waals surface area contributed by atoms with E-state index in [1.165, 1.54) is 24.3 Å². The van der Waals surface area contributed by atoms with Crippen LogP contribution in [0.4, 0.5) is 13.2 Å². The van der Waals surface area contributed by atoms with Crippen molar-refractivity contribution in [1.82, 2.24) is 14.7 Å². The number of rotatable bonds is 8. The number of hydrogen-bond donors (Lipinski definition) is 1. The monoisotopic (exact) mass is 453 g/mol. The Labute approximate surface area is 176 Å². The SMILES string of the molecule is Cc1ccc(-c2cc(C(F)(F)F)nn2-c2ccc(S(=O)(=O)NOCCC=O)cc2)cc1. The van der Waals surface area contributed by atoms with Gasteiger partial charge in [-0.1, -0.05) is 34.7 Å². The number of halogens is 3. The van der Waals surface area contributed by atoms with Gasteiger partial charge in [0.25, 0.3) is 10.0 Å². The Hall–Kier alpha value is -3.02. The number of hydrogen-bond acceptors (Lipinski definition) is 5. The number of aromatic nitrogens is 2. The highest BCUT2D eigenvalue weighted by molar-refractivity contribution is 7.89. The largest absolute Gasteiger partial charge is 0.435 e. The first kappa shape index (κ1) is 22.7. The van der Waals surface area contributed by atoms with E-state index in [1.807, 2.05) is 11.8 Å². The minimum absolute atomic E-state index is 0.0179. The molecule has 3 aromatic rings. The quantitative estimate of drug-likeness (QED) is 0.319. The smallest absolute Gasteiger partial charge is 0.303 e. The second-order valence-corrected chi connectivity index (χ2v) is 8.22. The molecule has 0 aliphatic heterocycles. The summed E-state index contributed by atoms with van der Waals surface area (Å²) in [5.74, 6) is 0.